The first-order valence-corrected chi connectivity index (χ1v) is 8.02. The van der Waals surface area contributed by atoms with Crippen LogP contribution in [-0.2, 0) is 0 Å². The Morgan fingerprint density at radius 3 is 2.33 bits per heavy atom. The van der Waals surface area contributed by atoms with Crippen LogP contribution in [0.2, 0.25) is 0 Å². The van der Waals surface area contributed by atoms with Gasteiger partial charge in [0.1, 0.15) is 0 Å². The fourth-order valence-electron chi connectivity index (χ4n) is 2.67. The first kappa shape index (κ1) is 14.0. The Balaban J connectivity index is 2.11. The van der Waals surface area contributed by atoms with E-state index in [1.807, 2.05) is 49.4 Å². The van der Waals surface area contributed by atoms with Crippen molar-refractivity contribution in [2.45, 2.75) is 13.8 Å². The van der Waals surface area contributed by atoms with E-state index in [0.717, 1.165) is 32.8 Å². The highest BCUT2D eigenvalue weighted by Gasteiger charge is 2.15. The maximum atomic E-state index is 12.8. The van der Waals surface area contributed by atoms with Crippen molar-refractivity contribution in [3.8, 4) is 0 Å². The van der Waals surface area contributed by atoms with Gasteiger partial charge in [-0.2, -0.15) is 0 Å². The van der Waals surface area contributed by atoms with E-state index in [-0.39, 0.29) is 14.1 Å². The van der Waals surface area contributed by atoms with Gasteiger partial charge in [-0.15, -0.1) is 0 Å². The molecule has 0 bridgehead atoms. The van der Waals surface area contributed by atoms with Crippen molar-refractivity contribution in [2.24, 2.45) is 0 Å². The Morgan fingerprint density at radius 1 is 0.810 bits per heavy atom. The smallest absolute Gasteiger partial charge is 0.186 e. The standard InChI is InChI=1S/C19H17OP/c1-13-7-6-8-15-12-11-14(2)18(17(13)15)19(20)21-16-9-4-3-5-10-16/h3-12,21H,1-2H3. The number of aryl methyl sites for hydroxylation is 2. The summed E-state index contributed by atoms with van der Waals surface area (Å²) in [5.74, 6) is 0. The summed E-state index contributed by atoms with van der Waals surface area (Å²) >= 11 is 0. The monoisotopic (exact) mass is 292 g/mol. The first-order valence-electron chi connectivity index (χ1n) is 7.02. The Labute approximate surface area is 126 Å². The first-order chi connectivity index (χ1) is 10.2. The number of rotatable bonds is 3. The largest absolute Gasteiger partial charge is 0.289 e. The van der Waals surface area contributed by atoms with E-state index in [1.54, 1.807) is 0 Å². The van der Waals surface area contributed by atoms with Gasteiger partial charge in [-0.05, 0) is 49.6 Å². The second-order valence-electron chi connectivity index (χ2n) is 5.25. The van der Waals surface area contributed by atoms with E-state index < -0.39 is 0 Å². The van der Waals surface area contributed by atoms with Crippen molar-refractivity contribution in [1.29, 1.82) is 0 Å². The van der Waals surface area contributed by atoms with Crippen LogP contribution in [0.4, 0.5) is 0 Å². The molecule has 104 valence electrons. The van der Waals surface area contributed by atoms with Gasteiger partial charge in [-0.3, -0.25) is 4.79 Å². The molecule has 21 heavy (non-hydrogen) atoms. The molecule has 0 saturated heterocycles. The summed E-state index contributed by atoms with van der Waals surface area (Å²) in [5.41, 5.74) is 3.33. The number of fused-ring (bicyclic) bond motifs is 1. The van der Waals surface area contributed by atoms with Gasteiger partial charge in [-0.25, -0.2) is 0 Å². The van der Waals surface area contributed by atoms with Crippen LogP contribution >= 0.6 is 8.58 Å². The zero-order valence-corrected chi connectivity index (χ0v) is 13.2. The Morgan fingerprint density at radius 2 is 1.57 bits per heavy atom. The molecule has 0 saturated carbocycles. The molecule has 3 rings (SSSR count). The van der Waals surface area contributed by atoms with E-state index in [9.17, 15) is 4.79 Å². The van der Waals surface area contributed by atoms with Gasteiger partial charge in [0, 0.05) is 5.56 Å². The van der Waals surface area contributed by atoms with Crippen molar-refractivity contribution in [3.63, 3.8) is 0 Å². The quantitative estimate of drug-likeness (QED) is 0.645. The number of carbonyl (C=O) groups is 1. The number of hydrogen-bond acceptors (Lipinski definition) is 1. The second kappa shape index (κ2) is 5.79. The van der Waals surface area contributed by atoms with E-state index in [0.29, 0.717) is 0 Å². The van der Waals surface area contributed by atoms with Crippen LogP contribution in [0.3, 0.4) is 0 Å². The molecule has 3 aromatic rings. The van der Waals surface area contributed by atoms with Crippen LogP contribution < -0.4 is 5.30 Å². The molecule has 1 atom stereocenters. The Kier molecular flexibility index (Phi) is 3.86. The van der Waals surface area contributed by atoms with Crippen molar-refractivity contribution >= 4 is 30.2 Å². The van der Waals surface area contributed by atoms with Gasteiger partial charge in [-0.1, -0.05) is 60.7 Å². The Bertz CT molecular complexity index is 806. The summed E-state index contributed by atoms with van der Waals surface area (Å²) in [5, 5.41) is 3.33. The Hall–Kier alpha value is -1.98. The fourth-order valence-corrected chi connectivity index (χ4v) is 3.74. The molecule has 3 aromatic carbocycles. The minimum absolute atomic E-state index is 0.173. The van der Waals surface area contributed by atoms with E-state index in [4.69, 9.17) is 0 Å². The van der Waals surface area contributed by atoms with Crippen LogP contribution in [-0.4, -0.2) is 5.52 Å². The summed E-state index contributed by atoms with van der Waals surface area (Å²) in [4.78, 5) is 12.8. The molecule has 0 aliphatic carbocycles. The zero-order valence-electron chi connectivity index (χ0n) is 12.2. The van der Waals surface area contributed by atoms with Crippen molar-refractivity contribution in [1.82, 2.24) is 0 Å². The third-order valence-electron chi connectivity index (χ3n) is 3.72. The van der Waals surface area contributed by atoms with Crippen LogP contribution in [0.1, 0.15) is 21.5 Å². The van der Waals surface area contributed by atoms with Gasteiger partial charge >= 0.3 is 0 Å². The molecule has 0 amide bonds. The van der Waals surface area contributed by atoms with E-state index in [1.165, 1.54) is 0 Å². The molecule has 1 nitrogen and oxygen atoms in total. The summed E-state index contributed by atoms with van der Waals surface area (Å²) in [6.45, 7) is 4.10. The molecule has 0 fully saturated rings. The minimum Gasteiger partial charge on any atom is -0.289 e. The third-order valence-corrected chi connectivity index (χ3v) is 4.82. The molecular formula is C19H17OP. The average molecular weight is 292 g/mol. The second-order valence-corrected chi connectivity index (χ2v) is 6.53. The minimum atomic E-state index is 0.173. The lowest BCUT2D eigenvalue weighted by Crippen LogP contribution is -2.03. The van der Waals surface area contributed by atoms with Crippen molar-refractivity contribution in [2.75, 3.05) is 0 Å². The van der Waals surface area contributed by atoms with E-state index >= 15 is 0 Å². The average Bonchev–Trinajstić information content (AvgIpc) is 2.49. The van der Waals surface area contributed by atoms with Gasteiger partial charge < -0.3 is 0 Å². The number of benzene rings is 3. The lowest BCUT2D eigenvalue weighted by molar-refractivity contribution is 0.108. The molecule has 0 radical (unpaired) electrons. The number of carbonyl (C=O) groups excluding carboxylic acids is 1. The molecular weight excluding hydrogens is 275 g/mol. The molecule has 1 unspecified atom stereocenters. The summed E-state index contributed by atoms with van der Waals surface area (Å²) in [6, 6.07) is 20.3. The molecule has 2 heteroatoms. The highest BCUT2D eigenvalue weighted by Crippen LogP contribution is 2.30. The lowest BCUT2D eigenvalue weighted by atomic mass is 9.97. The van der Waals surface area contributed by atoms with Crippen LogP contribution in [0.25, 0.3) is 10.8 Å². The summed E-state index contributed by atoms with van der Waals surface area (Å²) in [7, 11) is 0.173. The van der Waals surface area contributed by atoms with Crippen LogP contribution in [0, 0.1) is 13.8 Å². The van der Waals surface area contributed by atoms with Gasteiger partial charge in [0.15, 0.2) is 5.52 Å². The maximum Gasteiger partial charge on any atom is 0.186 e. The maximum absolute atomic E-state index is 12.8. The van der Waals surface area contributed by atoms with Crippen LogP contribution in [0.15, 0.2) is 60.7 Å². The van der Waals surface area contributed by atoms with Gasteiger partial charge in [0.25, 0.3) is 0 Å². The lowest BCUT2D eigenvalue weighted by Gasteiger charge is -2.12. The summed E-state index contributed by atoms with van der Waals surface area (Å²) < 4.78 is 0. The topological polar surface area (TPSA) is 17.1 Å². The molecule has 0 spiro atoms. The fraction of sp³-hybridized carbons (Fsp3) is 0.105. The van der Waals surface area contributed by atoms with E-state index in [2.05, 4.69) is 25.1 Å². The van der Waals surface area contributed by atoms with Crippen molar-refractivity contribution < 1.29 is 4.79 Å². The molecule has 0 aliphatic heterocycles. The van der Waals surface area contributed by atoms with Gasteiger partial charge in [0.2, 0.25) is 0 Å². The van der Waals surface area contributed by atoms with Crippen LogP contribution in [0.5, 0.6) is 0 Å². The third kappa shape index (κ3) is 2.75. The predicted molar refractivity (Wildman–Crippen MR) is 92.1 cm³/mol. The normalized spacial score (nSPS) is 11.3. The zero-order chi connectivity index (χ0) is 14.8. The molecule has 0 aromatic heterocycles. The predicted octanol–water partition coefficient (Wildman–Crippen LogP) is 4.60. The highest BCUT2D eigenvalue weighted by molar-refractivity contribution is 7.66. The molecule has 0 aliphatic rings. The highest BCUT2D eigenvalue weighted by atomic mass is 31.1. The van der Waals surface area contributed by atoms with Crippen molar-refractivity contribution in [3.05, 3.63) is 77.4 Å². The molecule has 0 N–H and O–H groups in total. The SMILES string of the molecule is Cc1ccc2cccc(C)c2c1C(=O)Pc1ccccc1. The summed E-state index contributed by atoms with van der Waals surface area (Å²) in [6.07, 6.45) is 0. The van der Waals surface area contributed by atoms with Gasteiger partial charge in [0.05, 0.1) is 0 Å². The molecule has 0 heterocycles. The number of hydrogen-bond donors (Lipinski definition) is 0.